The van der Waals surface area contributed by atoms with Crippen LogP contribution in [-0.2, 0) is 9.53 Å². The predicted molar refractivity (Wildman–Crippen MR) is 87.6 cm³/mol. The number of ether oxygens (including phenoxy) is 1. The lowest BCUT2D eigenvalue weighted by Gasteiger charge is -2.29. The smallest absolute Gasteiger partial charge is 0.251 e. The summed E-state index contributed by atoms with van der Waals surface area (Å²) >= 11 is 0. The van der Waals surface area contributed by atoms with Gasteiger partial charge in [-0.3, -0.25) is 9.59 Å². The number of hydrogen-bond acceptors (Lipinski definition) is 4. The van der Waals surface area contributed by atoms with Gasteiger partial charge in [0.2, 0.25) is 5.91 Å². The highest BCUT2D eigenvalue weighted by Crippen LogP contribution is 2.21. The Morgan fingerprint density at radius 2 is 1.83 bits per heavy atom. The summed E-state index contributed by atoms with van der Waals surface area (Å²) in [7, 11) is 0. The SMILES string of the molecule is O=C(NCC(=O)N1CCCC1)c1ccc(N2CCOCC2)c(F)c1. The first kappa shape index (κ1) is 16.7. The zero-order chi connectivity index (χ0) is 16.9. The van der Waals surface area contributed by atoms with Gasteiger partial charge in [-0.2, -0.15) is 0 Å². The molecule has 2 amide bonds. The van der Waals surface area contributed by atoms with Crippen molar-refractivity contribution < 1.29 is 18.7 Å². The molecule has 6 nitrogen and oxygen atoms in total. The molecule has 0 unspecified atom stereocenters. The largest absolute Gasteiger partial charge is 0.378 e. The van der Waals surface area contributed by atoms with E-state index in [1.807, 2.05) is 4.90 Å². The number of morpholine rings is 1. The molecule has 0 saturated carbocycles. The Morgan fingerprint density at radius 1 is 1.12 bits per heavy atom. The van der Waals surface area contributed by atoms with Gasteiger partial charge in [-0.25, -0.2) is 4.39 Å². The summed E-state index contributed by atoms with van der Waals surface area (Å²) in [4.78, 5) is 27.7. The molecule has 2 saturated heterocycles. The molecule has 0 aromatic heterocycles. The molecule has 1 N–H and O–H groups in total. The summed E-state index contributed by atoms with van der Waals surface area (Å²) in [5.41, 5.74) is 0.696. The molecule has 0 radical (unpaired) electrons. The van der Waals surface area contributed by atoms with Gasteiger partial charge in [-0.05, 0) is 31.0 Å². The van der Waals surface area contributed by atoms with Crippen LogP contribution >= 0.6 is 0 Å². The minimum atomic E-state index is -0.435. The highest BCUT2D eigenvalue weighted by molar-refractivity contribution is 5.96. The zero-order valence-electron chi connectivity index (χ0n) is 13.6. The van der Waals surface area contributed by atoms with Gasteiger partial charge < -0.3 is 19.9 Å². The van der Waals surface area contributed by atoms with E-state index in [0.717, 1.165) is 25.9 Å². The van der Waals surface area contributed by atoms with Crippen molar-refractivity contribution in [3.8, 4) is 0 Å². The number of nitrogens with one attached hydrogen (secondary N) is 1. The van der Waals surface area contributed by atoms with Gasteiger partial charge in [0.1, 0.15) is 5.82 Å². The average molecular weight is 335 g/mol. The Bertz CT molecular complexity index is 611. The monoisotopic (exact) mass is 335 g/mol. The molecule has 2 aliphatic rings. The van der Waals surface area contributed by atoms with Crippen molar-refractivity contribution >= 4 is 17.5 Å². The Labute approximate surface area is 140 Å². The van der Waals surface area contributed by atoms with Crippen molar-refractivity contribution in [2.75, 3.05) is 50.8 Å². The molecule has 3 rings (SSSR count). The number of benzene rings is 1. The number of hydrogen-bond donors (Lipinski definition) is 1. The van der Waals surface area contributed by atoms with Crippen LogP contribution in [0.1, 0.15) is 23.2 Å². The first-order valence-corrected chi connectivity index (χ1v) is 8.33. The van der Waals surface area contributed by atoms with Crippen molar-refractivity contribution in [3.05, 3.63) is 29.6 Å². The van der Waals surface area contributed by atoms with Gasteiger partial charge in [-0.1, -0.05) is 0 Å². The number of amides is 2. The Morgan fingerprint density at radius 3 is 2.50 bits per heavy atom. The fourth-order valence-corrected chi connectivity index (χ4v) is 3.05. The van der Waals surface area contributed by atoms with Crippen LogP contribution in [0.3, 0.4) is 0 Å². The maximum Gasteiger partial charge on any atom is 0.251 e. The van der Waals surface area contributed by atoms with Crippen molar-refractivity contribution in [1.29, 1.82) is 0 Å². The van der Waals surface area contributed by atoms with E-state index in [9.17, 15) is 14.0 Å². The molecular formula is C17H22FN3O3. The van der Waals surface area contributed by atoms with E-state index in [1.165, 1.54) is 6.07 Å². The summed E-state index contributed by atoms with van der Waals surface area (Å²) in [6, 6.07) is 4.42. The second-order valence-corrected chi connectivity index (χ2v) is 6.04. The summed E-state index contributed by atoms with van der Waals surface area (Å²) in [5, 5.41) is 2.57. The topological polar surface area (TPSA) is 61.9 Å². The van der Waals surface area contributed by atoms with E-state index in [2.05, 4.69) is 5.32 Å². The van der Waals surface area contributed by atoms with Crippen LogP contribution in [0.25, 0.3) is 0 Å². The number of likely N-dealkylation sites (tertiary alicyclic amines) is 1. The van der Waals surface area contributed by atoms with Gasteiger partial charge >= 0.3 is 0 Å². The highest BCUT2D eigenvalue weighted by atomic mass is 19.1. The van der Waals surface area contributed by atoms with Crippen LogP contribution in [-0.4, -0.2) is 62.7 Å². The molecule has 2 aliphatic heterocycles. The van der Waals surface area contributed by atoms with E-state index in [0.29, 0.717) is 32.0 Å². The molecule has 0 aliphatic carbocycles. The molecule has 2 fully saturated rings. The maximum absolute atomic E-state index is 14.3. The van der Waals surface area contributed by atoms with E-state index >= 15 is 0 Å². The predicted octanol–water partition coefficient (Wildman–Crippen LogP) is 1.01. The van der Waals surface area contributed by atoms with Crippen LogP contribution in [0, 0.1) is 5.82 Å². The lowest BCUT2D eigenvalue weighted by molar-refractivity contribution is -0.129. The molecule has 1 aromatic carbocycles. The third-order valence-electron chi connectivity index (χ3n) is 4.42. The van der Waals surface area contributed by atoms with Gasteiger partial charge in [0.05, 0.1) is 25.4 Å². The van der Waals surface area contributed by atoms with Crippen LogP contribution in [0.4, 0.5) is 10.1 Å². The van der Waals surface area contributed by atoms with Gasteiger partial charge in [0.15, 0.2) is 0 Å². The van der Waals surface area contributed by atoms with Crippen LogP contribution in [0.2, 0.25) is 0 Å². The normalized spacial score (nSPS) is 17.9. The number of rotatable bonds is 4. The Balaban J connectivity index is 1.58. The van der Waals surface area contributed by atoms with E-state index < -0.39 is 11.7 Å². The molecule has 2 heterocycles. The zero-order valence-corrected chi connectivity index (χ0v) is 13.6. The lowest BCUT2D eigenvalue weighted by Crippen LogP contribution is -2.39. The second-order valence-electron chi connectivity index (χ2n) is 6.04. The number of nitrogens with zero attached hydrogens (tertiary/aromatic N) is 2. The fraction of sp³-hybridized carbons (Fsp3) is 0.529. The fourth-order valence-electron chi connectivity index (χ4n) is 3.05. The standard InChI is InChI=1S/C17H22FN3O3/c18-14-11-13(3-4-15(14)20-7-9-24-10-8-20)17(23)19-12-16(22)21-5-1-2-6-21/h3-4,11H,1-2,5-10,12H2,(H,19,23). The Kier molecular flexibility index (Phi) is 5.30. The third-order valence-corrected chi connectivity index (χ3v) is 4.42. The lowest BCUT2D eigenvalue weighted by atomic mass is 10.1. The number of carbonyl (C=O) groups is 2. The van der Waals surface area contributed by atoms with Crippen molar-refractivity contribution in [1.82, 2.24) is 10.2 Å². The van der Waals surface area contributed by atoms with Crippen molar-refractivity contribution in [2.45, 2.75) is 12.8 Å². The van der Waals surface area contributed by atoms with Crippen molar-refractivity contribution in [2.24, 2.45) is 0 Å². The molecule has 0 atom stereocenters. The van der Waals surface area contributed by atoms with E-state index in [-0.39, 0.29) is 18.0 Å². The molecule has 24 heavy (non-hydrogen) atoms. The van der Waals surface area contributed by atoms with Gasteiger partial charge in [0.25, 0.3) is 5.91 Å². The molecule has 130 valence electrons. The van der Waals surface area contributed by atoms with Crippen LogP contribution in [0.5, 0.6) is 0 Å². The van der Waals surface area contributed by atoms with E-state index in [1.54, 1.807) is 17.0 Å². The summed E-state index contributed by atoms with van der Waals surface area (Å²) in [6.07, 6.45) is 2.02. The molecule has 1 aromatic rings. The Hall–Kier alpha value is -2.15. The minimum absolute atomic E-state index is 0.0499. The molecule has 7 heteroatoms. The van der Waals surface area contributed by atoms with Crippen LogP contribution < -0.4 is 10.2 Å². The summed E-state index contributed by atoms with van der Waals surface area (Å²) < 4.78 is 19.6. The molecule has 0 spiro atoms. The summed E-state index contributed by atoms with van der Waals surface area (Å²) in [6.45, 7) is 3.85. The number of carbonyl (C=O) groups excluding carboxylic acids is 2. The second kappa shape index (κ2) is 7.61. The quantitative estimate of drug-likeness (QED) is 0.892. The number of anilines is 1. The molecular weight excluding hydrogens is 313 g/mol. The first-order valence-electron chi connectivity index (χ1n) is 8.33. The van der Waals surface area contributed by atoms with Gasteiger partial charge in [0, 0.05) is 31.7 Å². The molecule has 0 bridgehead atoms. The first-order chi connectivity index (χ1) is 11.6. The maximum atomic E-state index is 14.3. The average Bonchev–Trinajstić information content (AvgIpc) is 3.14. The third kappa shape index (κ3) is 3.84. The van der Waals surface area contributed by atoms with E-state index in [4.69, 9.17) is 4.74 Å². The highest BCUT2D eigenvalue weighted by Gasteiger charge is 2.20. The number of halogens is 1. The summed E-state index contributed by atoms with van der Waals surface area (Å²) in [5.74, 6) is -0.961. The van der Waals surface area contributed by atoms with Crippen LogP contribution in [0.15, 0.2) is 18.2 Å². The minimum Gasteiger partial charge on any atom is -0.378 e. The van der Waals surface area contributed by atoms with Crippen molar-refractivity contribution in [3.63, 3.8) is 0 Å². The van der Waals surface area contributed by atoms with Gasteiger partial charge in [-0.15, -0.1) is 0 Å².